The lowest BCUT2D eigenvalue weighted by atomic mass is 10.2. The molecular weight excluding hydrogens is 272 g/mol. The molecule has 0 aliphatic heterocycles. The molecule has 1 amide bonds. The van der Waals surface area contributed by atoms with E-state index in [2.05, 4.69) is 15.5 Å². The molecule has 20 heavy (non-hydrogen) atoms. The number of nitrogens with zero attached hydrogens (tertiary/aromatic N) is 2. The second-order valence-corrected chi connectivity index (χ2v) is 5.32. The van der Waals surface area contributed by atoms with Crippen LogP contribution in [0.5, 0.6) is 0 Å². The molecule has 0 unspecified atom stereocenters. The molecular formula is C14H16N4OS. The predicted molar refractivity (Wildman–Crippen MR) is 82.1 cm³/mol. The van der Waals surface area contributed by atoms with E-state index in [4.69, 9.17) is 5.73 Å². The van der Waals surface area contributed by atoms with Crippen molar-refractivity contribution in [2.24, 2.45) is 5.10 Å². The third kappa shape index (κ3) is 3.42. The van der Waals surface area contributed by atoms with Crippen LogP contribution in [-0.2, 0) is 6.42 Å². The third-order valence-corrected chi connectivity index (χ3v) is 3.64. The lowest BCUT2D eigenvalue weighted by Gasteiger charge is -1.98. The summed E-state index contributed by atoms with van der Waals surface area (Å²) in [6.45, 7) is 3.95. The summed E-state index contributed by atoms with van der Waals surface area (Å²) < 4.78 is 0. The molecule has 2 rings (SSSR count). The fraction of sp³-hybridized carbons (Fsp3) is 0.214. The van der Waals surface area contributed by atoms with E-state index in [0.717, 1.165) is 5.56 Å². The van der Waals surface area contributed by atoms with Gasteiger partial charge in [-0.3, -0.25) is 4.79 Å². The highest BCUT2D eigenvalue weighted by atomic mass is 32.1. The topological polar surface area (TPSA) is 80.4 Å². The fourth-order valence-electron chi connectivity index (χ4n) is 1.66. The molecule has 0 aliphatic carbocycles. The largest absolute Gasteiger partial charge is 0.375 e. The Kier molecular flexibility index (Phi) is 4.47. The number of nitrogens with one attached hydrogen (secondary N) is 1. The molecule has 0 radical (unpaired) electrons. The van der Waals surface area contributed by atoms with Crippen LogP contribution in [-0.4, -0.2) is 17.1 Å². The van der Waals surface area contributed by atoms with Crippen molar-refractivity contribution < 1.29 is 4.79 Å². The lowest BCUT2D eigenvalue weighted by Crippen LogP contribution is -2.17. The summed E-state index contributed by atoms with van der Waals surface area (Å²) in [5.41, 5.74) is 10.9. The molecule has 2 aromatic rings. The number of rotatable bonds is 4. The summed E-state index contributed by atoms with van der Waals surface area (Å²) >= 11 is 1.18. The average Bonchev–Trinajstić information content (AvgIpc) is 2.82. The van der Waals surface area contributed by atoms with E-state index >= 15 is 0 Å². The highest BCUT2D eigenvalue weighted by Gasteiger charge is 2.15. The first-order chi connectivity index (χ1) is 9.60. The number of carbonyl (C=O) groups excluding carboxylic acids is 1. The number of anilines is 1. The van der Waals surface area contributed by atoms with E-state index in [1.165, 1.54) is 16.9 Å². The molecule has 6 heteroatoms. The van der Waals surface area contributed by atoms with Gasteiger partial charge in [-0.25, -0.2) is 10.4 Å². The van der Waals surface area contributed by atoms with Gasteiger partial charge < -0.3 is 5.73 Å². The van der Waals surface area contributed by atoms with Gasteiger partial charge in [-0.15, -0.1) is 0 Å². The quantitative estimate of drug-likeness (QED) is 0.669. The van der Waals surface area contributed by atoms with Crippen molar-refractivity contribution in [2.45, 2.75) is 20.3 Å². The first-order valence-electron chi connectivity index (χ1n) is 6.25. The Labute approximate surface area is 121 Å². The second-order valence-electron chi connectivity index (χ2n) is 4.29. The molecule has 0 aliphatic rings. The smallest absolute Gasteiger partial charge is 0.283 e. The summed E-state index contributed by atoms with van der Waals surface area (Å²) in [6, 6.07) is 7.85. The van der Waals surface area contributed by atoms with E-state index in [1.807, 2.05) is 38.1 Å². The SMILES string of the molecule is CCc1nc(N)sc1C(=O)NN=Cc1ccc(C)cc1. The van der Waals surface area contributed by atoms with Crippen molar-refractivity contribution in [3.8, 4) is 0 Å². The van der Waals surface area contributed by atoms with Gasteiger partial charge in [-0.2, -0.15) is 5.10 Å². The van der Waals surface area contributed by atoms with Gasteiger partial charge in [-0.1, -0.05) is 48.1 Å². The van der Waals surface area contributed by atoms with E-state index in [9.17, 15) is 4.79 Å². The maximum atomic E-state index is 12.0. The van der Waals surface area contributed by atoms with Gasteiger partial charge in [-0.05, 0) is 18.9 Å². The van der Waals surface area contributed by atoms with Gasteiger partial charge in [0.15, 0.2) is 5.13 Å². The zero-order chi connectivity index (χ0) is 14.5. The molecule has 1 heterocycles. The van der Waals surface area contributed by atoms with Crippen molar-refractivity contribution in [3.05, 3.63) is 46.0 Å². The molecule has 0 atom stereocenters. The summed E-state index contributed by atoms with van der Waals surface area (Å²) in [4.78, 5) is 16.6. The van der Waals surface area contributed by atoms with Crippen LogP contribution < -0.4 is 11.2 Å². The summed E-state index contributed by atoms with van der Waals surface area (Å²) in [5, 5.41) is 4.34. The van der Waals surface area contributed by atoms with Crippen molar-refractivity contribution in [3.63, 3.8) is 0 Å². The van der Waals surface area contributed by atoms with Gasteiger partial charge in [0, 0.05) is 0 Å². The number of hydrogen-bond acceptors (Lipinski definition) is 5. The van der Waals surface area contributed by atoms with Crippen LogP contribution in [0, 0.1) is 6.92 Å². The molecule has 0 spiro atoms. The van der Waals surface area contributed by atoms with Gasteiger partial charge in [0.05, 0.1) is 11.9 Å². The third-order valence-electron chi connectivity index (χ3n) is 2.71. The van der Waals surface area contributed by atoms with Crippen LogP contribution in [0.3, 0.4) is 0 Å². The Morgan fingerprint density at radius 3 is 2.80 bits per heavy atom. The van der Waals surface area contributed by atoms with Crippen LogP contribution in [0.2, 0.25) is 0 Å². The number of nitrogen functional groups attached to an aromatic ring is 1. The minimum atomic E-state index is -0.278. The number of benzene rings is 1. The van der Waals surface area contributed by atoms with Crippen molar-refractivity contribution in [1.29, 1.82) is 0 Å². The molecule has 0 bridgehead atoms. The highest BCUT2D eigenvalue weighted by Crippen LogP contribution is 2.20. The van der Waals surface area contributed by atoms with Crippen LogP contribution in [0.4, 0.5) is 5.13 Å². The Bertz CT molecular complexity index is 631. The first kappa shape index (κ1) is 14.2. The number of aryl methyl sites for hydroxylation is 2. The predicted octanol–water partition coefficient (Wildman–Crippen LogP) is 2.36. The second kappa shape index (κ2) is 6.29. The molecule has 0 saturated carbocycles. The summed E-state index contributed by atoms with van der Waals surface area (Å²) in [5.74, 6) is -0.278. The van der Waals surface area contributed by atoms with Crippen LogP contribution >= 0.6 is 11.3 Å². The normalized spacial score (nSPS) is 10.9. The lowest BCUT2D eigenvalue weighted by molar-refractivity contribution is 0.0958. The van der Waals surface area contributed by atoms with E-state index in [-0.39, 0.29) is 5.91 Å². The molecule has 0 fully saturated rings. The number of hydrogen-bond donors (Lipinski definition) is 2. The van der Waals surface area contributed by atoms with Crippen molar-refractivity contribution >= 4 is 28.6 Å². The average molecular weight is 288 g/mol. The number of amides is 1. The van der Waals surface area contributed by atoms with Crippen molar-refractivity contribution in [2.75, 3.05) is 5.73 Å². The number of thiazole rings is 1. The zero-order valence-corrected chi connectivity index (χ0v) is 12.2. The van der Waals surface area contributed by atoms with Crippen LogP contribution in [0.25, 0.3) is 0 Å². The molecule has 3 N–H and O–H groups in total. The molecule has 104 valence electrons. The van der Waals surface area contributed by atoms with Crippen molar-refractivity contribution in [1.82, 2.24) is 10.4 Å². The summed E-state index contributed by atoms with van der Waals surface area (Å²) in [7, 11) is 0. The molecule has 5 nitrogen and oxygen atoms in total. The Balaban J connectivity index is 2.03. The number of hydrazone groups is 1. The molecule has 1 aromatic heterocycles. The number of aromatic nitrogens is 1. The van der Waals surface area contributed by atoms with Gasteiger partial charge in [0.2, 0.25) is 0 Å². The van der Waals surface area contributed by atoms with Crippen LogP contribution in [0.1, 0.15) is 33.4 Å². The molecule has 0 saturated heterocycles. The zero-order valence-electron chi connectivity index (χ0n) is 11.4. The van der Waals surface area contributed by atoms with E-state index in [1.54, 1.807) is 6.21 Å². The maximum Gasteiger partial charge on any atom is 0.283 e. The van der Waals surface area contributed by atoms with E-state index in [0.29, 0.717) is 22.1 Å². The van der Waals surface area contributed by atoms with Gasteiger partial charge in [0.25, 0.3) is 5.91 Å². The maximum absolute atomic E-state index is 12.0. The number of carbonyl (C=O) groups is 1. The Morgan fingerprint density at radius 2 is 2.15 bits per heavy atom. The number of nitrogens with two attached hydrogens (primary N) is 1. The standard InChI is InChI=1S/C14H16N4OS/c1-3-11-12(20-14(15)17-11)13(19)18-16-8-10-6-4-9(2)5-7-10/h4-8H,3H2,1-2H3,(H2,15,17)(H,18,19). The van der Waals surface area contributed by atoms with Gasteiger partial charge >= 0.3 is 0 Å². The fourth-order valence-corrected chi connectivity index (χ4v) is 2.47. The highest BCUT2D eigenvalue weighted by molar-refractivity contribution is 7.17. The van der Waals surface area contributed by atoms with Crippen LogP contribution in [0.15, 0.2) is 29.4 Å². The minimum absolute atomic E-state index is 0.278. The van der Waals surface area contributed by atoms with Gasteiger partial charge in [0.1, 0.15) is 4.88 Å². The monoisotopic (exact) mass is 288 g/mol. The first-order valence-corrected chi connectivity index (χ1v) is 7.07. The van der Waals surface area contributed by atoms with E-state index < -0.39 is 0 Å². The Morgan fingerprint density at radius 1 is 1.45 bits per heavy atom. The summed E-state index contributed by atoms with van der Waals surface area (Å²) in [6.07, 6.45) is 2.27. The molecule has 1 aromatic carbocycles. The Hall–Kier alpha value is -2.21. The minimum Gasteiger partial charge on any atom is -0.375 e.